The lowest BCUT2D eigenvalue weighted by atomic mass is 10.2. The largest absolute Gasteiger partial charge is 0.354 e. The molecule has 1 aromatic heterocycles. The first-order valence-electron chi connectivity index (χ1n) is 8.20. The molecule has 0 spiro atoms. The van der Waals surface area contributed by atoms with Gasteiger partial charge in [-0.05, 0) is 41.5 Å². The summed E-state index contributed by atoms with van der Waals surface area (Å²) in [6.07, 6.45) is 2.27. The van der Waals surface area contributed by atoms with Crippen LogP contribution in [0.15, 0.2) is 6.20 Å². The summed E-state index contributed by atoms with van der Waals surface area (Å²) >= 11 is 0. The topological polar surface area (TPSA) is 80.1 Å². The Kier molecular flexibility index (Phi) is 7.19. The van der Waals surface area contributed by atoms with Crippen molar-refractivity contribution in [2.24, 2.45) is 0 Å². The number of nitrogens with zero attached hydrogens (tertiary/aromatic N) is 4. The van der Waals surface area contributed by atoms with Gasteiger partial charge >= 0.3 is 0 Å². The van der Waals surface area contributed by atoms with Gasteiger partial charge in [0.25, 0.3) is 0 Å². The fourth-order valence-electron chi connectivity index (χ4n) is 2.13. The van der Waals surface area contributed by atoms with Crippen LogP contribution < -0.4 is 5.32 Å². The average molecular weight is 323 g/mol. The van der Waals surface area contributed by atoms with Gasteiger partial charge in [-0.2, -0.15) is 0 Å². The molecule has 0 aromatic carbocycles. The van der Waals surface area contributed by atoms with Crippen LogP contribution in [0.1, 0.15) is 66.1 Å². The molecule has 0 atom stereocenters. The maximum atomic E-state index is 12.4. The maximum absolute atomic E-state index is 12.4. The molecule has 1 heterocycles. The molecule has 0 bridgehead atoms. The van der Waals surface area contributed by atoms with Crippen LogP contribution in [0.25, 0.3) is 0 Å². The Morgan fingerprint density at radius 1 is 1.17 bits per heavy atom. The fourth-order valence-corrected chi connectivity index (χ4v) is 2.13. The molecule has 0 saturated carbocycles. The highest BCUT2D eigenvalue weighted by molar-refractivity contribution is 5.84. The maximum Gasteiger partial charge on any atom is 0.223 e. The number of aromatic nitrogens is 3. The van der Waals surface area contributed by atoms with Gasteiger partial charge in [0.05, 0.1) is 12.7 Å². The van der Waals surface area contributed by atoms with Crippen molar-refractivity contribution in [2.75, 3.05) is 0 Å². The van der Waals surface area contributed by atoms with Crippen molar-refractivity contribution in [3.63, 3.8) is 0 Å². The van der Waals surface area contributed by atoms with Crippen molar-refractivity contribution >= 4 is 11.8 Å². The Hall–Kier alpha value is -1.92. The highest BCUT2D eigenvalue weighted by Gasteiger charge is 2.20. The van der Waals surface area contributed by atoms with Crippen molar-refractivity contribution < 1.29 is 9.59 Å². The molecule has 130 valence electrons. The van der Waals surface area contributed by atoms with Crippen LogP contribution in [-0.4, -0.2) is 43.8 Å². The number of nitrogens with one attached hydrogen (secondary N) is 1. The summed E-state index contributed by atoms with van der Waals surface area (Å²) in [6.45, 7) is 12.2. The third-order valence-corrected chi connectivity index (χ3v) is 3.38. The molecule has 0 saturated heterocycles. The second kappa shape index (κ2) is 8.64. The van der Waals surface area contributed by atoms with Crippen LogP contribution in [0.3, 0.4) is 0 Å². The molecule has 0 fully saturated rings. The first kappa shape index (κ1) is 19.1. The number of hydrogen-bond donors (Lipinski definition) is 1. The number of carbonyl (C=O) groups is 2. The Labute approximate surface area is 138 Å². The van der Waals surface area contributed by atoms with E-state index >= 15 is 0 Å². The summed E-state index contributed by atoms with van der Waals surface area (Å²) in [5, 5.41) is 11.0. The van der Waals surface area contributed by atoms with E-state index in [1.54, 1.807) is 9.58 Å². The summed E-state index contributed by atoms with van der Waals surface area (Å²) in [7, 11) is 0. The minimum atomic E-state index is -0.0946. The molecule has 2 amide bonds. The Balaban J connectivity index is 2.62. The fraction of sp³-hybridized carbons (Fsp3) is 0.750. The van der Waals surface area contributed by atoms with Crippen LogP contribution in [0.5, 0.6) is 0 Å². The van der Waals surface area contributed by atoms with Gasteiger partial charge in [-0.15, -0.1) is 5.10 Å². The van der Waals surface area contributed by atoms with Gasteiger partial charge in [0.1, 0.15) is 5.69 Å². The molecule has 1 aromatic rings. The standard InChI is InChI=1S/C16H29N5O2/c1-11(2)17-15(22)7-8-16(23)20(12(3)4)9-14-10-21(13(5)6)19-18-14/h10-13H,7-9H2,1-6H3,(H,17,22). The zero-order valence-corrected chi connectivity index (χ0v) is 15.0. The van der Waals surface area contributed by atoms with Crippen LogP contribution >= 0.6 is 0 Å². The van der Waals surface area contributed by atoms with Crippen molar-refractivity contribution in [3.05, 3.63) is 11.9 Å². The van der Waals surface area contributed by atoms with Crippen LogP contribution in [-0.2, 0) is 16.1 Å². The van der Waals surface area contributed by atoms with Crippen molar-refractivity contribution in [1.29, 1.82) is 0 Å². The molecular formula is C16H29N5O2. The van der Waals surface area contributed by atoms with E-state index in [-0.39, 0.29) is 42.8 Å². The lowest BCUT2D eigenvalue weighted by Gasteiger charge is -2.26. The molecule has 0 unspecified atom stereocenters. The monoisotopic (exact) mass is 323 g/mol. The Morgan fingerprint density at radius 3 is 2.30 bits per heavy atom. The van der Waals surface area contributed by atoms with Crippen LogP contribution in [0.2, 0.25) is 0 Å². The highest BCUT2D eigenvalue weighted by Crippen LogP contribution is 2.11. The van der Waals surface area contributed by atoms with Gasteiger partial charge in [-0.1, -0.05) is 5.21 Å². The van der Waals surface area contributed by atoms with Gasteiger partial charge in [0.15, 0.2) is 0 Å². The summed E-state index contributed by atoms with van der Waals surface area (Å²) in [5.74, 6) is -0.138. The zero-order chi connectivity index (χ0) is 17.6. The molecule has 1 rings (SSSR count). The number of rotatable bonds is 8. The van der Waals surface area contributed by atoms with E-state index < -0.39 is 0 Å². The van der Waals surface area contributed by atoms with Crippen molar-refractivity contribution in [2.45, 2.75) is 79.1 Å². The number of hydrogen-bond acceptors (Lipinski definition) is 4. The summed E-state index contributed by atoms with van der Waals surface area (Å²) in [6, 6.07) is 0.365. The Morgan fingerprint density at radius 2 is 1.83 bits per heavy atom. The van der Waals surface area contributed by atoms with Crippen LogP contribution in [0.4, 0.5) is 0 Å². The van der Waals surface area contributed by atoms with E-state index in [2.05, 4.69) is 15.6 Å². The van der Waals surface area contributed by atoms with E-state index in [0.717, 1.165) is 5.69 Å². The zero-order valence-electron chi connectivity index (χ0n) is 15.0. The first-order valence-corrected chi connectivity index (χ1v) is 8.20. The SMILES string of the molecule is CC(C)NC(=O)CCC(=O)N(Cc1cn(C(C)C)nn1)C(C)C. The summed E-state index contributed by atoms with van der Waals surface area (Å²) in [4.78, 5) is 25.8. The Bertz CT molecular complexity index is 522. The van der Waals surface area contributed by atoms with Crippen LogP contribution in [0, 0.1) is 0 Å². The van der Waals surface area contributed by atoms with E-state index in [4.69, 9.17) is 0 Å². The number of carbonyl (C=O) groups excluding carboxylic acids is 2. The first-order chi connectivity index (χ1) is 10.7. The molecular weight excluding hydrogens is 294 g/mol. The molecule has 7 nitrogen and oxygen atoms in total. The normalized spacial score (nSPS) is 11.3. The van der Waals surface area contributed by atoms with E-state index in [9.17, 15) is 9.59 Å². The molecule has 0 aliphatic heterocycles. The summed E-state index contributed by atoms with van der Waals surface area (Å²) in [5.41, 5.74) is 0.757. The lowest BCUT2D eigenvalue weighted by Crippen LogP contribution is -2.37. The third kappa shape index (κ3) is 6.38. The third-order valence-electron chi connectivity index (χ3n) is 3.38. The van der Waals surface area contributed by atoms with Gasteiger partial charge in [0, 0.05) is 31.0 Å². The highest BCUT2D eigenvalue weighted by atomic mass is 16.2. The van der Waals surface area contributed by atoms with Crippen molar-refractivity contribution in [1.82, 2.24) is 25.2 Å². The van der Waals surface area contributed by atoms with E-state index in [1.807, 2.05) is 47.7 Å². The molecule has 0 radical (unpaired) electrons. The van der Waals surface area contributed by atoms with Crippen molar-refractivity contribution in [3.8, 4) is 0 Å². The van der Waals surface area contributed by atoms with E-state index in [0.29, 0.717) is 6.54 Å². The second-order valence-electron chi connectivity index (χ2n) is 6.62. The van der Waals surface area contributed by atoms with E-state index in [1.165, 1.54) is 0 Å². The summed E-state index contributed by atoms with van der Waals surface area (Å²) < 4.78 is 1.77. The lowest BCUT2D eigenvalue weighted by molar-refractivity contribution is -0.135. The van der Waals surface area contributed by atoms with Gasteiger partial charge in [0.2, 0.25) is 11.8 Å². The van der Waals surface area contributed by atoms with Gasteiger partial charge in [-0.25, -0.2) is 4.68 Å². The predicted octanol–water partition coefficient (Wildman–Crippen LogP) is 1.90. The second-order valence-corrected chi connectivity index (χ2v) is 6.62. The molecule has 0 aliphatic rings. The molecule has 23 heavy (non-hydrogen) atoms. The predicted molar refractivity (Wildman–Crippen MR) is 88.6 cm³/mol. The quantitative estimate of drug-likeness (QED) is 0.792. The number of amides is 2. The molecule has 1 N–H and O–H groups in total. The average Bonchev–Trinajstić information content (AvgIpc) is 2.90. The molecule has 0 aliphatic carbocycles. The minimum absolute atomic E-state index is 0.0415. The van der Waals surface area contributed by atoms with Gasteiger partial charge < -0.3 is 10.2 Å². The van der Waals surface area contributed by atoms with Gasteiger partial charge in [-0.3, -0.25) is 9.59 Å². The molecule has 7 heteroatoms. The minimum Gasteiger partial charge on any atom is -0.354 e. The smallest absolute Gasteiger partial charge is 0.223 e.